The molecule has 5 heteroatoms. The number of Topliss-reactive ketones (excluding diaryl/α,β-unsaturated/α-hetero) is 1. The molecule has 0 unspecified atom stereocenters. The standard InChI is InChI=1S/C21H18N4O/c1-13-6-2-3-7-15(13)14-10-19-16(20(26)11-14)12-22-25(19)21-23-17-8-4-5-9-18(17)24-21/h2-9,12,14H,10-11H2,1H3,(H,23,24)/t14-/m0/s1. The predicted octanol–water partition coefficient (Wildman–Crippen LogP) is 3.97. The van der Waals surface area contributed by atoms with Crippen LogP contribution < -0.4 is 0 Å². The van der Waals surface area contributed by atoms with Crippen LogP contribution in [0.4, 0.5) is 0 Å². The molecular formula is C21H18N4O. The van der Waals surface area contributed by atoms with Gasteiger partial charge in [-0.05, 0) is 42.5 Å². The largest absolute Gasteiger partial charge is 0.322 e. The number of ketones is 1. The fourth-order valence-corrected chi connectivity index (χ4v) is 3.93. The van der Waals surface area contributed by atoms with E-state index in [1.807, 2.05) is 36.4 Å². The average molecular weight is 342 g/mol. The third-order valence-corrected chi connectivity index (χ3v) is 5.25. The molecule has 128 valence electrons. The molecule has 2 heterocycles. The summed E-state index contributed by atoms with van der Waals surface area (Å²) in [4.78, 5) is 20.7. The van der Waals surface area contributed by atoms with Crippen molar-refractivity contribution >= 4 is 16.8 Å². The highest BCUT2D eigenvalue weighted by atomic mass is 16.1. The Morgan fingerprint density at radius 1 is 1.08 bits per heavy atom. The summed E-state index contributed by atoms with van der Waals surface area (Å²) in [6.45, 7) is 2.10. The van der Waals surface area contributed by atoms with Crippen molar-refractivity contribution in [1.82, 2.24) is 19.7 Å². The van der Waals surface area contributed by atoms with Crippen LogP contribution in [0.5, 0.6) is 0 Å². The Labute approximate surface area is 150 Å². The number of rotatable bonds is 2. The predicted molar refractivity (Wildman–Crippen MR) is 99.8 cm³/mol. The molecule has 1 N–H and O–H groups in total. The van der Waals surface area contributed by atoms with Gasteiger partial charge in [0.1, 0.15) is 0 Å². The lowest BCUT2D eigenvalue weighted by Gasteiger charge is -2.23. The van der Waals surface area contributed by atoms with E-state index >= 15 is 0 Å². The number of hydrogen-bond acceptors (Lipinski definition) is 3. The first-order valence-electron chi connectivity index (χ1n) is 8.81. The molecule has 26 heavy (non-hydrogen) atoms. The Morgan fingerprint density at radius 3 is 2.73 bits per heavy atom. The van der Waals surface area contributed by atoms with E-state index in [0.717, 1.165) is 28.7 Å². The molecule has 4 aromatic rings. The minimum absolute atomic E-state index is 0.155. The number of para-hydroxylation sites is 2. The first kappa shape index (κ1) is 15.1. The minimum Gasteiger partial charge on any atom is -0.322 e. The van der Waals surface area contributed by atoms with Crippen LogP contribution in [0, 0.1) is 6.92 Å². The third kappa shape index (κ3) is 2.28. The van der Waals surface area contributed by atoms with E-state index in [0.29, 0.717) is 12.4 Å². The van der Waals surface area contributed by atoms with Gasteiger partial charge in [0.05, 0.1) is 28.5 Å². The van der Waals surface area contributed by atoms with Crippen molar-refractivity contribution in [2.24, 2.45) is 0 Å². The Kier molecular flexibility index (Phi) is 3.28. The van der Waals surface area contributed by atoms with Gasteiger partial charge >= 0.3 is 0 Å². The number of H-pyrrole nitrogens is 1. The van der Waals surface area contributed by atoms with E-state index in [4.69, 9.17) is 0 Å². The summed E-state index contributed by atoms with van der Waals surface area (Å²) < 4.78 is 1.79. The zero-order chi connectivity index (χ0) is 17.7. The van der Waals surface area contributed by atoms with Gasteiger partial charge in [0.2, 0.25) is 5.95 Å². The number of fused-ring (bicyclic) bond motifs is 2. The lowest BCUT2D eigenvalue weighted by molar-refractivity contribution is 0.0963. The van der Waals surface area contributed by atoms with Crippen molar-refractivity contribution in [3.63, 3.8) is 0 Å². The van der Waals surface area contributed by atoms with Crippen LogP contribution in [0.3, 0.4) is 0 Å². The van der Waals surface area contributed by atoms with Gasteiger partial charge in [-0.3, -0.25) is 4.79 Å². The smallest absolute Gasteiger partial charge is 0.229 e. The zero-order valence-corrected chi connectivity index (χ0v) is 14.4. The number of aryl methyl sites for hydroxylation is 1. The van der Waals surface area contributed by atoms with Gasteiger partial charge in [0, 0.05) is 6.42 Å². The number of aromatic amines is 1. The molecule has 0 saturated heterocycles. The SMILES string of the molecule is Cc1ccccc1[C@@H]1CC(=O)c2cnn(-c3nc4ccccc4[nH]3)c2C1. The molecule has 1 aliphatic carbocycles. The summed E-state index contributed by atoms with van der Waals surface area (Å²) in [5.74, 6) is 0.989. The Morgan fingerprint density at radius 2 is 1.88 bits per heavy atom. The Balaban J connectivity index is 1.60. The topological polar surface area (TPSA) is 63.6 Å². The number of hydrogen-bond donors (Lipinski definition) is 1. The molecule has 0 aliphatic heterocycles. The fourth-order valence-electron chi connectivity index (χ4n) is 3.93. The quantitative estimate of drug-likeness (QED) is 0.599. The Bertz CT molecular complexity index is 1100. The number of aromatic nitrogens is 4. The highest BCUT2D eigenvalue weighted by Crippen LogP contribution is 2.34. The van der Waals surface area contributed by atoms with Crippen LogP contribution in [0.2, 0.25) is 0 Å². The summed E-state index contributed by atoms with van der Waals surface area (Å²) in [6.07, 6.45) is 2.99. The lowest BCUT2D eigenvalue weighted by Crippen LogP contribution is -2.21. The first-order valence-corrected chi connectivity index (χ1v) is 8.81. The number of imidazole rings is 1. The second-order valence-corrected chi connectivity index (χ2v) is 6.88. The van der Waals surface area contributed by atoms with Crippen LogP contribution in [0.25, 0.3) is 17.0 Å². The van der Waals surface area contributed by atoms with Gasteiger partial charge in [0.25, 0.3) is 0 Å². The van der Waals surface area contributed by atoms with E-state index in [9.17, 15) is 4.79 Å². The molecule has 2 aromatic heterocycles. The second-order valence-electron chi connectivity index (χ2n) is 6.88. The van der Waals surface area contributed by atoms with Gasteiger partial charge in [-0.2, -0.15) is 5.10 Å². The summed E-state index contributed by atoms with van der Waals surface area (Å²) in [5.41, 5.74) is 5.98. The van der Waals surface area contributed by atoms with Crippen molar-refractivity contribution in [1.29, 1.82) is 0 Å². The maximum absolute atomic E-state index is 12.7. The van der Waals surface area contributed by atoms with E-state index in [2.05, 4.69) is 34.1 Å². The molecular weight excluding hydrogens is 324 g/mol. The zero-order valence-electron chi connectivity index (χ0n) is 14.4. The third-order valence-electron chi connectivity index (χ3n) is 5.25. The summed E-state index contributed by atoms with van der Waals surface area (Å²) in [7, 11) is 0. The second kappa shape index (κ2) is 5.66. The number of nitrogens with one attached hydrogen (secondary N) is 1. The minimum atomic E-state index is 0.155. The normalized spacial score (nSPS) is 16.8. The van der Waals surface area contributed by atoms with Crippen molar-refractivity contribution in [3.05, 3.63) is 77.1 Å². The van der Waals surface area contributed by atoms with Crippen molar-refractivity contribution in [2.75, 3.05) is 0 Å². The molecule has 1 atom stereocenters. The van der Waals surface area contributed by atoms with Crippen LogP contribution in [-0.2, 0) is 6.42 Å². The fraction of sp³-hybridized carbons (Fsp3) is 0.190. The van der Waals surface area contributed by atoms with Gasteiger partial charge in [-0.15, -0.1) is 0 Å². The van der Waals surface area contributed by atoms with Gasteiger partial charge in [-0.25, -0.2) is 9.67 Å². The number of carbonyl (C=O) groups excluding carboxylic acids is 1. The lowest BCUT2D eigenvalue weighted by atomic mass is 9.81. The highest BCUT2D eigenvalue weighted by molar-refractivity contribution is 5.98. The molecule has 0 spiro atoms. The molecule has 5 nitrogen and oxygen atoms in total. The highest BCUT2D eigenvalue weighted by Gasteiger charge is 2.31. The van der Waals surface area contributed by atoms with Crippen LogP contribution in [0.1, 0.15) is 39.5 Å². The van der Waals surface area contributed by atoms with Crippen LogP contribution in [-0.4, -0.2) is 25.5 Å². The molecule has 5 rings (SSSR count). The van der Waals surface area contributed by atoms with Gasteiger partial charge in [-0.1, -0.05) is 36.4 Å². The summed E-state index contributed by atoms with van der Waals surface area (Å²) >= 11 is 0. The van der Waals surface area contributed by atoms with Crippen molar-refractivity contribution < 1.29 is 4.79 Å². The van der Waals surface area contributed by atoms with E-state index in [1.165, 1.54) is 11.1 Å². The molecule has 1 aliphatic rings. The summed E-state index contributed by atoms with van der Waals surface area (Å²) in [6, 6.07) is 16.2. The molecule has 0 fully saturated rings. The Hall–Kier alpha value is -3.21. The molecule has 2 aromatic carbocycles. The summed E-state index contributed by atoms with van der Waals surface area (Å²) in [5, 5.41) is 4.47. The maximum atomic E-state index is 12.7. The maximum Gasteiger partial charge on any atom is 0.229 e. The first-order chi connectivity index (χ1) is 12.7. The van der Waals surface area contributed by atoms with Crippen molar-refractivity contribution in [3.8, 4) is 5.95 Å². The van der Waals surface area contributed by atoms with Crippen LogP contribution in [0.15, 0.2) is 54.7 Å². The van der Waals surface area contributed by atoms with Crippen LogP contribution >= 0.6 is 0 Å². The van der Waals surface area contributed by atoms with E-state index < -0.39 is 0 Å². The van der Waals surface area contributed by atoms with E-state index in [-0.39, 0.29) is 11.7 Å². The average Bonchev–Trinajstić information content (AvgIpc) is 3.25. The molecule has 0 amide bonds. The molecule has 0 radical (unpaired) electrons. The van der Waals surface area contributed by atoms with Crippen molar-refractivity contribution in [2.45, 2.75) is 25.7 Å². The molecule has 0 saturated carbocycles. The van der Waals surface area contributed by atoms with Gasteiger partial charge < -0.3 is 4.98 Å². The number of benzene rings is 2. The van der Waals surface area contributed by atoms with E-state index in [1.54, 1.807) is 10.9 Å². The monoisotopic (exact) mass is 342 g/mol. The number of carbonyl (C=O) groups is 1. The molecule has 0 bridgehead atoms. The van der Waals surface area contributed by atoms with Gasteiger partial charge in [0.15, 0.2) is 5.78 Å². The number of nitrogens with zero attached hydrogens (tertiary/aromatic N) is 3.